The first-order chi connectivity index (χ1) is 9.60. The number of thiophene rings is 1. The standard InChI is InChI=1S/C15H21NO2S2/c1-10-11-4-2-3-5-12(11)20-13(10)16-14(17)15(18)6-8-19-9-7-15/h18H,2-9H2,1H3,(H,16,17). The van der Waals surface area contributed by atoms with E-state index in [9.17, 15) is 9.90 Å². The van der Waals surface area contributed by atoms with E-state index in [2.05, 4.69) is 12.2 Å². The van der Waals surface area contributed by atoms with Crippen LogP contribution in [0.3, 0.4) is 0 Å². The Labute approximate surface area is 128 Å². The number of hydrogen-bond acceptors (Lipinski definition) is 4. The summed E-state index contributed by atoms with van der Waals surface area (Å²) in [6.45, 7) is 2.09. The van der Waals surface area contributed by atoms with E-state index in [4.69, 9.17) is 0 Å². The number of aryl methyl sites for hydroxylation is 1. The number of carbonyl (C=O) groups excluding carboxylic acids is 1. The SMILES string of the molecule is Cc1c(NC(=O)C2(O)CCSCC2)sc2c1CCCC2. The summed E-state index contributed by atoms with van der Waals surface area (Å²) < 4.78 is 0. The minimum atomic E-state index is -1.16. The number of aliphatic hydroxyl groups is 1. The van der Waals surface area contributed by atoms with Gasteiger partial charge in [-0.1, -0.05) is 0 Å². The van der Waals surface area contributed by atoms with Gasteiger partial charge in [0, 0.05) is 4.88 Å². The largest absolute Gasteiger partial charge is 0.380 e. The zero-order chi connectivity index (χ0) is 14.2. The van der Waals surface area contributed by atoms with Gasteiger partial charge in [0.15, 0.2) is 0 Å². The molecule has 0 aromatic carbocycles. The molecule has 20 heavy (non-hydrogen) atoms. The molecule has 1 aliphatic heterocycles. The van der Waals surface area contributed by atoms with Crippen molar-refractivity contribution in [3.8, 4) is 0 Å². The number of carbonyl (C=O) groups is 1. The van der Waals surface area contributed by atoms with Gasteiger partial charge in [0.2, 0.25) is 0 Å². The van der Waals surface area contributed by atoms with Crippen LogP contribution in [0.4, 0.5) is 5.00 Å². The van der Waals surface area contributed by atoms with E-state index in [1.54, 1.807) is 11.3 Å². The quantitative estimate of drug-likeness (QED) is 0.882. The second kappa shape index (κ2) is 5.70. The van der Waals surface area contributed by atoms with Gasteiger partial charge in [-0.25, -0.2) is 0 Å². The lowest BCUT2D eigenvalue weighted by Gasteiger charge is -2.30. The van der Waals surface area contributed by atoms with Gasteiger partial charge in [-0.3, -0.25) is 4.79 Å². The molecule has 1 fully saturated rings. The third-order valence-electron chi connectivity index (χ3n) is 4.41. The summed E-state index contributed by atoms with van der Waals surface area (Å²) in [7, 11) is 0. The second-order valence-corrected chi connectivity index (χ2v) is 8.09. The molecule has 1 aliphatic carbocycles. The molecule has 0 unspecified atom stereocenters. The molecule has 3 rings (SSSR count). The van der Waals surface area contributed by atoms with Crippen LogP contribution in [0.15, 0.2) is 0 Å². The van der Waals surface area contributed by atoms with Crippen LogP contribution in [0.25, 0.3) is 0 Å². The predicted octanol–water partition coefficient (Wildman–Crippen LogP) is 3.13. The van der Waals surface area contributed by atoms with Crippen LogP contribution in [0.2, 0.25) is 0 Å². The van der Waals surface area contributed by atoms with Crippen molar-refractivity contribution in [2.45, 2.75) is 51.0 Å². The summed E-state index contributed by atoms with van der Waals surface area (Å²) in [5.41, 5.74) is 1.48. The summed E-state index contributed by atoms with van der Waals surface area (Å²) in [5.74, 6) is 1.52. The number of rotatable bonds is 2. The summed E-state index contributed by atoms with van der Waals surface area (Å²) in [6.07, 6.45) is 5.90. The Morgan fingerprint density at radius 1 is 1.25 bits per heavy atom. The van der Waals surface area contributed by atoms with Gasteiger partial charge in [0.05, 0.1) is 5.00 Å². The molecule has 0 bridgehead atoms. The maximum absolute atomic E-state index is 12.4. The highest BCUT2D eigenvalue weighted by molar-refractivity contribution is 7.99. The Kier molecular flexibility index (Phi) is 4.11. The fourth-order valence-electron chi connectivity index (χ4n) is 3.00. The van der Waals surface area contributed by atoms with Gasteiger partial charge in [-0.2, -0.15) is 11.8 Å². The van der Waals surface area contributed by atoms with Crippen molar-refractivity contribution in [2.75, 3.05) is 16.8 Å². The van der Waals surface area contributed by atoms with Crippen molar-refractivity contribution in [1.29, 1.82) is 0 Å². The summed E-state index contributed by atoms with van der Waals surface area (Å²) >= 11 is 3.51. The van der Waals surface area contributed by atoms with Crippen molar-refractivity contribution >= 4 is 34.0 Å². The van der Waals surface area contributed by atoms with Crippen LogP contribution in [-0.2, 0) is 17.6 Å². The highest BCUT2D eigenvalue weighted by Gasteiger charge is 2.38. The van der Waals surface area contributed by atoms with E-state index in [-0.39, 0.29) is 5.91 Å². The first kappa shape index (κ1) is 14.4. The normalized spacial score (nSPS) is 21.3. The smallest absolute Gasteiger partial charge is 0.257 e. The van der Waals surface area contributed by atoms with Crippen molar-refractivity contribution < 1.29 is 9.90 Å². The number of amides is 1. The molecular formula is C15H21NO2S2. The summed E-state index contributed by atoms with van der Waals surface area (Å²) in [4.78, 5) is 13.8. The first-order valence-electron chi connectivity index (χ1n) is 7.33. The van der Waals surface area contributed by atoms with E-state index in [0.717, 1.165) is 29.3 Å². The van der Waals surface area contributed by atoms with Crippen LogP contribution in [0.5, 0.6) is 0 Å². The highest BCUT2D eigenvalue weighted by Crippen LogP contribution is 2.38. The lowest BCUT2D eigenvalue weighted by Crippen LogP contribution is -2.45. The van der Waals surface area contributed by atoms with Gasteiger partial charge in [-0.05, 0) is 68.1 Å². The molecule has 2 heterocycles. The molecule has 0 atom stereocenters. The molecule has 5 heteroatoms. The summed E-state index contributed by atoms with van der Waals surface area (Å²) in [6, 6.07) is 0. The zero-order valence-corrected chi connectivity index (χ0v) is 13.5. The van der Waals surface area contributed by atoms with E-state index in [1.807, 2.05) is 11.8 Å². The molecule has 1 amide bonds. The molecule has 1 aromatic heterocycles. The van der Waals surface area contributed by atoms with Crippen LogP contribution in [-0.4, -0.2) is 28.1 Å². The van der Waals surface area contributed by atoms with Gasteiger partial charge < -0.3 is 10.4 Å². The van der Waals surface area contributed by atoms with E-state index >= 15 is 0 Å². The van der Waals surface area contributed by atoms with Crippen LogP contribution in [0, 0.1) is 6.92 Å². The van der Waals surface area contributed by atoms with Crippen LogP contribution in [0.1, 0.15) is 41.7 Å². The molecule has 2 aliphatic rings. The number of fused-ring (bicyclic) bond motifs is 1. The zero-order valence-electron chi connectivity index (χ0n) is 11.8. The van der Waals surface area contributed by atoms with Gasteiger partial charge in [0.25, 0.3) is 5.91 Å². The van der Waals surface area contributed by atoms with Crippen molar-refractivity contribution in [3.05, 3.63) is 16.0 Å². The van der Waals surface area contributed by atoms with Crippen molar-refractivity contribution in [2.24, 2.45) is 0 Å². The van der Waals surface area contributed by atoms with Gasteiger partial charge in [0.1, 0.15) is 5.60 Å². The first-order valence-corrected chi connectivity index (χ1v) is 9.30. The molecular weight excluding hydrogens is 290 g/mol. The fourth-order valence-corrected chi connectivity index (χ4v) is 5.46. The summed E-state index contributed by atoms with van der Waals surface area (Å²) in [5, 5.41) is 14.4. The minimum absolute atomic E-state index is 0.209. The average Bonchev–Trinajstić information content (AvgIpc) is 2.77. The maximum Gasteiger partial charge on any atom is 0.257 e. The molecule has 0 saturated carbocycles. The Morgan fingerprint density at radius 2 is 1.95 bits per heavy atom. The van der Waals surface area contributed by atoms with Gasteiger partial charge in [-0.15, -0.1) is 11.3 Å². The Hall–Kier alpha value is -0.520. The average molecular weight is 311 g/mol. The van der Waals surface area contributed by atoms with Crippen molar-refractivity contribution in [3.63, 3.8) is 0 Å². The second-order valence-electron chi connectivity index (χ2n) is 5.76. The van der Waals surface area contributed by atoms with E-state index < -0.39 is 5.60 Å². The predicted molar refractivity (Wildman–Crippen MR) is 85.8 cm³/mol. The Morgan fingerprint density at radius 3 is 2.65 bits per heavy atom. The van der Waals surface area contributed by atoms with Crippen molar-refractivity contribution in [1.82, 2.24) is 0 Å². The lowest BCUT2D eigenvalue weighted by atomic mass is 9.95. The molecule has 2 N–H and O–H groups in total. The monoisotopic (exact) mass is 311 g/mol. The number of nitrogens with one attached hydrogen (secondary N) is 1. The topological polar surface area (TPSA) is 49.3 Å². The third-order valence-corrected chi connectivity index (χ3v) is 6.70. The highest BCUT2D eigenvalue weighted by atomic mass is 32.2. The van der Waals surface area contributed by atoms with Crippen LogP contribution >= 0.6 is 23.1 Å². The number of thioether (sulfide) groups is 1. The Bertz CT molecular complexity index is 518. The Balaban J connectivity index is 1.77. The van der Waals surface area contributed by atoms with E-state index in [1.165, 1.54) is 28.8 Å². The fraction of sp³-hybridized carbons (Fsp3) is 0.667. The molecule has 1 aromatic rings. The third kappa shape index (κ3) is 2.63. The molecule has 0 radical (unpaired) electrons. The van der Waals surface area contributed by atoms with E-state index in [0.29, 0.717) is 12.8 Å². The van der Waals surface area contributed by atoms with Gasteiger partial charge >= 0.3 is 0 Å². The minimum Gasteiger partial charge on any atom is -0.380 e. The molecule has 110 valence electrons. The molecule has 1 saturated heterocycles. The maximum atomic E-state index is 12.4. The number of anilines is 1. The molecule has 3 nitrogen and oxygen atoms in total. The number of hydrogen-bond donors (Lipinski definition) is 2. The molecule has 0 spiro atoms. The van der Waals surface area contributed by atoms with Crippen LogP contribution < -0.4 is 5.32 Å². The lowest BCUT2D eigenvalue weighted by molar-refractivity contribution is -0.134.